The molecule has 0 aliphatic carbocycles. The molecule has 0 aliphatic heterocycles. The lowest BCUT2D eigenvalue weighted by atomic mass is 10.0. The summed E-state index contributed by atoms with van der Waals surface area (Å²) in [5.74, 6) is -3.11. The van der Waals surface area contributed by atoms with E-state index in [1.54, 1.807) is 26.0 Å². The highest BCUT2D eigenvalue weighted by Crippen LogP contribution is 2.12. The van der Waals surface area contributed by atoms with Crippen molar-refractivity contribution in [2.45, 2.75) is 45.3 Å². The third-order valence-electron chi connectivity index (χ3n) is 4.20. The zero-order chi connectivity index (χ0) is 22.1. The van der Waals surface area contributed by atoms with Gasteiger partial charge in [-0.05, 0) is 30.5 Å². The van der Waals surface area contributed by atoms with Gasteiger partial charge in [-0.3, -0.25) is 19.2 Å². The van der Waals surface area contributed by atoms with Crippen molar-refractivity contribution in [1.82, 2.24) is 16.0 Å². The largest absolute Gasteiger partial charge is 0.508 e. The molecule has 3 amide bonds. The summed E-state index contributed by atoms with van der Waals surface area (Å²) in [5, 5.41) is 25.2. The van der Waals surface area contributed by atoms with Crippen molar-refractivity contribution in [3.05, 3.63) is 29.8 Å². The molecule has 0 saturated heterocycles. The first-order valence-corrected chi connectivity index (χ1v) is 9.15. The minimum atomic E-state index is -1.21. The van der Waals surface area contributed by atoms with Crippen molar-refractivity contribution in [2.24, 2.45) is 11.7 Å². The number of nitrogens with two attached hydrogens (primary N) is 1. The second-order valence-corrected chi connectivity index (χ2v) is 7.04. The lowest BCUT2D eigenvalue weighted by Crippen LogP contribution is -2.56. The number of phenolic OH excluding ortho intramolecular Hbond substituents is 1. The molecule has 1 rings (SSSR count). The summed E-state index contributed by atoms with van der Waals surface area (Å²) in [6.45, 7) is 4.37. The van der Waals surface area contributed by atoms with Gasteiger partial charge >= 0.3 is 5.97 Å². The lowest BCUT2D eigenvalue weighted by Gasteiger charge is -2.23. The second-order valence-electron chi connectivity index (χ2n) is 7.04. The predicted molar refractivity (Wildman–Crippen MR) is 105 cm³/mol. The molecule has 7 N–H and O–H groups in total. The van der Waals surface area contributed by atoms with E-state index >= 15 is 0 Å². The number of aliphatic carboxylic acids is 1. The van der Waals surface area contributed by atoms with Crippen LogP contribution in [0.25, 0.3) is 0 Å². The Morgan fingerprint density at radius 1 is 0.966 bits per heavy atom. The summed E-state index contributed by atoms with van der Waals surface area (Å²) in [4.78, 5) is 47.5. The molecule has 0 fully saturated rings. The SMILES string of the molecule is CC(C)[C@H](N)C(=O)N[C@@H](Cc1ccc(O)cc1)C(=O)N[C@@H](C)C(=O)NCC(=O)O. The highest BCUT2D eigenvalue weighted by atomic mass is 16.4. The minimum Gasteiger partial charge on any atom is -0.508 e. The first-order chi connectivity index (χ1) is 13.5. The number of hydrogen-bond donors (Lipinski definition) is 6. The number of carbonyl (C=O) groups is 4. The Bertz CT molecular complexity index is 735. The van der Waals surface area contributed by atoms with Gasteiger partial charge in [0.25, 0.3) is 0 Å². The number of nitrogens with one attached hydrogen (secondary N) is 3. The van der Waals surface area contributed by atoms with E-state index in [1.165, 1.54) is 19.1 Å². The van der Waals surface area contributed by atoms with E-state index in [4.69, 9.17) is 10.8 Å². The number of hydrogen-bond acceptors (Lipinski definition) is 6. The van der Waals surface area contributed by atoms with Crippen LogP contribution in [0.1, 0.15) is 26.3 Å². The minimum absolute atomic E-state index is 0.0596. The first kappa shape index (κ1) is 23.9. The molecular formula is C19H28N4O6. The second kappa shape index (κ2) is 11.0. The van der Waals surface area contributed by atoms with Crippen LogP contribution in [0.4, 0.5) is 0 Å². The Kier molecular flexibility index (Phi) is 9.07. The molecule has 1 aromatic carbocycles. The molecule has 3 atom stereocenters. The maximum absolute atomic E-state index is 12.7. The molecule has 0 spiro atoms. The number of aromatic hydroxyl groups is 1. The fourth-order valence-electron chi connectivity index (χ4n) is 2.34. The van der Waals surface area contributed by atoms with Crippen LogP contribution >= 0.6 is 0 Å². The van der Waals surface area contributed by atoms with Gasteiger partial charge in [-0.1, -0.05) is 26.0 Å². The van der Waals surface area contributed by atoms with Crippen LogP contribution < -0.4 is 21.7 Å². The average Bonchev–Trinajstić information content (AvgIpc) is 2.66. The van der Waals surface area contributed by atoms with Crippen molar-refractivity contribution < 1.29 is 29.4 Å². The Morgan fingerprint density at radius 3 is 2.07 bits per heavy atom. The van der Waals surface area contributed by atoms with E-state index in [2.05, 4.69) is 16.0 Å². The fraction of sp³-hybridized carbons (Fsp3) is 0.474. The predicted octanol–water partition coefficient (Wildman–Crippen LogP) is -0.892. The van der Waals surface area contributed by atoms with E-state index in [0.717, 1.165) is 0 Å². The third-order valence-corrected chi connectivity index (χ3v) is 4.20. The molecule has 29 heavy (non-hydrogen) atoms. The van der Waals surface area contributed by atoms with Crippen LogP contribution in [0.2, 0.25) is 0 Å². The van der Waals surface area contributed by atoms with Gasteiger partial charge in [0.1, 0.15) is 24.4 Å². The van der Waals surface area contributed by atoms with Gasteiger partial charge in [0.05, 0.1) is 6.04 Å². The summed E-state index contributed by atoms with van der Waals surface area (Å²) in [6, 6.07) is 3.26. The topological polar surface area (TPSA) is 171 Å². The number of rotatable bonds is 10. The van der Waals surface area contributed by atoms with Gasteiger partial charge in [0.2, 0.25) is 17.7 Å². The van der Waals surface area contributed by atoms with Crippen LogP contribution in [-0.2, 0) is 25.6 Å². The van der Waals surface area contributed by atoms with Gasteiger partial charge in [-0.15, -0.1) is 0 Å². The van der Waals surface area contributed by atoms with E-state index in [-0.39, 0.29) is 18.1 Å². The molecule has 160 valence electrons. The molecule has 0 unspecified atom stereocenters. The zero-order valence-electron chi connectivity index (χ0n) is 16.6. The van der Waals surface area contributed by atoms with E-state index in [1.807, 2.05) is 0 Å². The average molecular weight is 408 g/mol. The Morgan fingerprint density at radius 2 is 1.55 bits per heavy atom. The maximum Gasteiger partial charge on any atom is 0.322 e. The molecule has 10 heteroatoms. The highest BCUT2D eigenvalue weighted by Gasteiger charge is 2.27. The number of benzene rings is 1. The van der Waals surface area contributed by atoms with Gasteiger partial charge in [0.15, 0.2) is 0 Å². The molecule has 0 heterocycles. The quantitative estimate of drug-likeness (QED) is 0.291. The molecule has 0 aromatic heterocycles. The van der Waals surface area contributed by atoms with Gasteiger partial charge in [-0.25, -0.2) is 0 Å². The number of carbonyl (C=O) groups excluding carboxylic acids is 3. The van der Waals surface area contributed by atoms with Crippen molar-refractivity contribution in [3.63, 3.8) is 0 Å². The summed E-state index contributed by atoms with van der Waals surface area (Å²) in [5.41, 5.74) is 6.51. The van der Waals surface area contributed by atoms with Crippen molar-refractivity contribution in [3.8, 4) is 5.75 Å². The van der Waals surface area contributed by atoms with Crippen molar-refractivity contribution in [2.75, 3.05) is 6.54 Å². The first-order valence-electron chi connectivity index (χ1n) is 9.15. The van der Waals surface area contributed by atoms with Gasteiger partial charge < -0.3 is 31.9 Å². The number of carboxylic acid groups (broad SMARTS) is 1. The van der Waals surface area contributed by atoms with Gasteiger partial charge in [0, 0.05) is 6.42 Å². The fourth-order valence-corrected chi connectivity index (χ4v) is 2.34. The van der Waals surface area contributed by atoms with Crippen LogP contribution in [-0.4, -0.2) is 58.6 Å². The van der Waals surface area contributed by atoms with Crippen LogP contribution in [0.5, 0.6) is 5.75 Å². The number of amides is 3. The maximum atomic E-state index is 12.7. The molecule has 0 saturated carbocycles. The van der Waals surface area contributed by atoms with E-state index < -0.39 is 48.4 Å². The normalized spacial score (nSPS) is 13.8. The third kappa shape index (κ3) is 8.18. The smallest absolute Gasteiger partial charge is 0.322 e. The highest BCUT2D eigenvalue weighted by molar-refractivity contribution is 5.93. The zero-order valence-corrected chi connectivity index (χ0v) is 16.6. The molecule has 0 bridgehead atoms. The molecule has 10 nitrogen and oxygen atoms in total. The van der Waals surface area contributed by atoms with Crippen LogP contribution in [0.15, 0.2) is 24.3 Å². The molecule has 1 aromatic rings. The van der Waals surface area contributed by atoms with Crippen LogP contribution in [0, 0.1) is 5.92 Å². The van der Waals surface area contributed by atoms with Crippen molar-refractivity contribution >= 4 is 23.7 Å². The van der Waals surface area contributed by atoms with Gasteiger partial charge in [-0.2, -0.15) is 0 Å². The Balaban J connectivity index is 2.88. The lowest BCUT2D eigenvalue weighted by molar-refractivity contribution is -0.138. The number of carboxylic acids is 1. The Hall–Kier alpha value is -3.14. The summed E-state index contributed by atoms with van der Waals surface area (Å²) in [6.07, 6.45) is 0.103. The standard InChI is InChI=1S/C19H28N4O6/c1-10(2)16(20)19(29)23-14(8-12-4-6-13(24)7-5-12)18(28)22-11(3)17(27)21-9-15(25)26/h4-7,10-11,14,16,24H,8-9,20H2,1-3H3,(H,21,27)(H,22,28)(H,23,29)(H,25,26)/t11-,14-,16-/m0/s1. The monoisotopic (exact) mass is 408 g/mol. The van der Waals surface area contributed by atoms with Crippen molar-refractivity contribution in [1.29, 1.82) is 0 Å². The van der Waals surface area contributed by atoms with E-state index in [0.29, 0.717) is 5.56 Å². The molecular weight excluding hydrogens is 380 g/mol. The summed E-state index contributed by atoms with van der Waals surface area (Å²) in [7, 11) is 0. The number of phenols is 1. The summed E-state index contributed by atoms with van der Waals surface area (Å²) < 4.78 is 0. The Labute approximate surface area is 168 Å². The molecule has 0 radical (unpaired) electrons. The van der Waals surface area contributed by atoms with Crippen LogP contribution in [0.3, 0.4) is 0 Å². The summed E-state index contributed by atoms with van der Waals surface area (Å²) >= 11 is 0. The van der Waals surface area contributed by atoms with E-state index in [9.17, 15) is 24.3 Å². The molecule has 0 aliphatic rings.